The van der Waals surface area contributed by atoms with Crippen LogP contribution >= 0.6 is 11.6 Å². The van der Waals surface area contributed by atoms with Crippen LogP contribution in [0.25, 0.3) is 0 Å². The molecule has 0 bridgehead atoms. The molecule has 0 spiro atoms. The van der Waals surface area contributed by atoms with Gasteiger partial charge < -0.3 is 25.0 Å². The van der Waals surface area contributed by atoms with Crippen molar-refractivity contribution in [3.8, 4) is 5.75 Å². The minimum absolute atomic E-state index is 0.0277. The second-order valence-corrected chi connectivity index (χ2v) is 9.59. The minimum atomic E-state index is -3.00. The highest BCUT2D eigenvalue weighted by molar-refractivity contribution is 7.90. The lowest BCUT2D eigenvalue weighted by atomic mass is 10.2. The normalized spacial score (nSPS) is 17.4. The van der Waals surface area contributed by atoms with E-state index in [-0.39, 0.29) is 18.4 Å². The van der Waals surface area contributed by atoms with Crippen molar-refractivity contribution in [3.05, 3.63) is 23.2 Å². The van der Waals surface area contributed by atoms with Gasteiger partial charge in [0.15, 0.2) is 5.96 Å². The Balaban J connectivity index is 1.85. The summed E-state index contributed by atoms with van der Waals surface area (Å²) < 4.78 is 33.0. The highest BCUT2D eigenvalue weighted by atomic mass is 35.5. The molecule has 1 atom stereocenters. The molecule has 0 aromatic heterocycles. The molecule has 0 radical (unpaired) electrons. The predicted octanol–water partition coefficient (Wildman–Crippen LogP) is 1.54. The summed E-state index contributed by atoms with van der Waals surface area (Å²) in [4.78, 5) is 6.76. The Morgan fingerprint density at radius 3 is 2.86 bits per heavy atom. The van der Waals surface area contributed by atoms with Crippen LogP contribution in [0, 0.1) is 0 Å². The van der Waals surface area contributed by atoms with Crippen molar-refractivity contribution >= 4 is 33.1 Å². The fourth-order valence-electron chi connectivity index (χ4n) is 3.05. The van der Waals surface area contributed by atoms with E-state index in [1.165, 1.54) is 6.26 Å². The largest absolute Gasteiger partial charge is 0.495 e. The summed E-state index contributed by atoms with van der Waals surface area (Å²) in [5.74, 6) is 1.56. The Morgan fingerprint density at radius 2 is 2.17 bits per heavy atom. The molecule has 1 heterocycles. The zero-order chi connectivity index (χ0) is 21.3. The van der Waals surface area contributed by atoms with Gasteiger partial charge in [0.05, 0.1) is 38.3 Å². The molecule has 0 aliphatic carbocycles. The Labute approximate surface area is 178 Å². The van der Waals surface area contributed by atoms with Crippen LogP contribution in [0.15, 0.2) is 23.2 Å². The average molecular weight is 447 g/mol. The SMILES string of the molecule is CCNC(=NCCOCCS(C)(=O)=O)NC1CCN(c2cc(Cl)ccc2OC)C1. The van der Waals surface area contributed by atoms with Gasteiger partial charge in [0.2, 0.25) is 0 Å². The number of hydrogen-bond donors (Lipinski definition) is 2. The molecule has 0 amide bonds. The van der Waals surface area contributed by atoms with Crippen LogP contribution in [0.2, 0.25) is 5.02 Å². The molecule has 1 fully saturated rings. The lowest BCUT2D eigenvalue weighted by Crippen LogP contribution is -2.44. The number of methoxy groups -OCH3 is 1. The second-order valence-electron chi connectivity index (χ2n) is 6.90. The van der Waals surface area contributed by atoms with E-state index < -0.39 is 9.84 Å². The summed E-state index contributed by atoms with van der Waals surface area (Å²) in [6, 6.07) is 5.87. The molecule has 1 aromatic rings. The van der Waals surface area contributed by atoms with Gasteiger partial charge in [-0.25, -0.2) is 8.42 Å². The molecule has 29 heavy (non-hydrogen) atoms. The standard InChI is InChI=1S/C19H31ClN4O4S/c1-4-21-19(22-8-10-28-11-12-29(3,25)26)23-16-7-9-24(14-16)17-13-15(20)5-6-18(17)27-2/h5-6,13,16H,4,7-12,14H2,1-3H3,(H2,21,22,23). The molecular formula is C19H31ClN4O4S. The number of aliphatic imine (C=N–C) groups is 1. The van der Waals surface area contributed by atoms with Crippen molar-refractivity contribution in [2.24, 2.45) is 4.99 Å². The average Bonchev–Trinajstić information content (AvgIpc) is 3.12. The van der Waals surface area contributed by atoms with Gasteiger partial charge in [0.25, 0.3) is 0 Å². The van der Waals surface area contributed by atoms with E-state index in [1.807, 2.05) is 25.1 Å². The quantitative estimate of drug-likeness (QED) is 0.320. The van der Waals surface area contributed by atoms with Crippen LogP contribution < -0.4 is 20.3 Å². The van der Waals surface area contributed by atoms with Crippen molar-refractivity contribution in [3.63, 3.8) is 0 Å². The summed E-state index contributed by atoms with van der Waals surface area (Å²) in [6.07, 6.45) is 2.16. The summed E-state index contributed by atoms with van der Waals surface area (Å²) in [6.45, 7) is 5.49. The Hall–Kier alpha value is -1.71. The van der Waals surface area contributed by atoms with Crippen LogP contribution in [-0.2, 0) is 14.6 Å². The van der Waals surface area contributed by atoms with E-state index in [2.05, 4.69) is 20.5 Å². The van der Waals surface area contributed by atoms with Crippen molar-refractivity contribution in [1.82, 2.24) is 10.6 Å². The van der Waals surface area contributed by atoms with Crippen molar-refractivity contribution < 1.29 is 17.9 Å². The van der Waals surface area contributed by atoms with E-state index in [0.29, 0.717) is 18.2 Å². The second kappa shape index (κ2) is 11.5. The first-order valence-electron chi connectivity index (χ1n) is 9.71. The molecule has 1 saturated heterocycles. The van der Waals surface area contributed by atoms with E-state index in [9.17, 15) is 8.42 Å². The Morgan fingerprint density at radius 1 is 1.38 bits per heavy atom. The summed E-state index contributed by atoms with van der Waals surface area (Å²) >= 11 is 6.16. The number of guanidine groups is 1. The van der Waals surface area contributed by atoms with Gasteiger partial charge >= 0.3 is 0 Å². The van der Waals surface area contributed by atoms with Gasteiger partial charge in [-0.15, -0.1) is 0 Å². The topological polar surface area (TPSA) is 92.3 Å². The van der Waals surface area contributed by atoms with E-state index in [1.54, 1.807) is 7.11 Å². The first kappa shape index (κ1) is 23.6. The lowest BCUT2D eigenvalue weighted by Gasteiger charge is -2.22. The van der Waals surface area contributed by atoms with Crippen LogP contribution in [0.3, 0.4) is 0 Å². The first-order chi connectivity index (χ1) is 13.8. The number of nitrogens with zero attached hydrogens (tertiary/aromatic N) is 2. The van der Waals surface area contributed by atoms with E-state index in [0.717, 1.165) is 43.5 Å². The maximum Gasteiger partial charge on any atom is 0.191 e. The zero-order valence-corrected chi connectivity index (χ0v) is 18.9. The number of anilines is 1. The van der Waals surface area contributed by atoms with E-state index >= 15 is 0 Å². The number of ether oxygens (including phenoxy) is 2. The van der Waals surface area contributed by atoms with Crippen molar-refractivity contribution in [2.45, 2.75) is 19.4 Å². The molecule has 1 unspecified atom stereocenters. The molecule has 8 nitrogen and oxygen atoms in total. The van der Waals surface area contributed by atoms with Gasteiger partial charge in [-0.1, -0.05) is 11.6 Å². The monoisotopic (exact) mass is 446 g/mol. The summed E-state index contributed by atoms with van der Waals surface area (Å²) in [5, 5.41) is 7.37. The number of rotatable bonds is 10. The third-order valence-electron chi connectivity index (χ3n) is 4.46. The maximum atomic E-state index is 11.1. The molecule has 2 rings (SSSR count). The summed E-state index contributed by atoms with van der Waals surface area (Å²) in [5.41, 5.74) is 0.991. The molecule has 164 valence electrons. The van der Waals surface area contributed by atoms with E-state index in [4.69, 9.17) is 21.1 Å². The highest BCUT2D eigenvalue weighted by Gasteiger charge is 2.25. The van der Waals surface area contributed by atoms with Crippen molar-refractivity contribution in [2.75, 3.05) is 63.4 Å². The number of halogens is 1. The number of hydrogen-bond acceptors (Lipinski definition) is 6. The lowest BCUT2D eigenvalue weighted by molar-refractivity contribution is 0.157. The van der Waals surface area contributed by atoms with Gasteiger partial charge in [0, 0.05) is 37.0 Å². The minimum Gasteiger partial charge on any atom is -0.495 e. The third kappa shape index (κ3) is 8.28. The number of nitrogens with one attached hydrogen (secondary N) is 2. The third-order valence-corrected chi connectivity index (χ3v) is 5.60. The maximum absolute atomic E-state index is 11.1. The highest BCUT2D eigenvalue weighted by Crippen LogP contribution is 2.33. The molecule has 1 aliphatic heterocycles. The smallest absolute Gasteiger partial charge is 0.191 e. The number of benzene rings is 1. The first-order valence-corrected chi connectivity index (χ1v) is 12.1. The van der Waals surface area contributed by atoms with Crippen LogP contribution in [-0.4, -0.2) is 78.9 Å². The van der Waals surface area contributed by atoms with Gasteiger partial charge in [-0.3, -0.25) is 4.99 Å². The molecule has 1 aliphatic rings. The molecule has 1 aromatic carbocycles. The molecular weight excluding hydrogens is 416 g/mol. The zero-order valence-electron chi connectivity index (χ0n) is 17.3. The Bertz CT molecular complexity index is 788. The Kier molecular flexibility index (Phi) is 9.32. The van der Waals surface area contributed by atoms with Gasteiger partial charge in [-0.05, 0) is 31.5 Å². The van der Waals surface area contributed by atoms with Crippen LogP contribution in [0.1, 0.15) is 13.3 Å². The van der Waals surface area contributed by atoms with Crippen molar-refractivity contribution in [1.29, 1.82) is 0 Å². The summed E-state index contributed by atoms with van der Waals surface area (Å²) in [7, 11) is -1.34. The predicted molar refractivity (Wildman–Crippen MR) is 118 cm³/mol. The molecule has 2 N–H and O–H groups in total. The molecule has 10 heteroatoms. The fourth-order valence-corrected chi connectivity index (χ4v) is 3.64. The van der Waals surface area contributed by atoms with Gasteiger partial charge in [-0.2, -0.15) is 0 Å². The molecule has 0 saturated carbocycles. The van der Waals surface area contributed by atoms with Gasteiger partial charge in [0.1, 0.15) is 15.6 Å². The van der Waals surface area contributed by atoms with Crippen LogP contribution in [0.5, 0.6) is 5.75 Å². The van der Waals surface area contributed by atoms with Crippen LogP contribution in [0.4, 0.5) is 5.69 Å². The fraction of sp³-hybridized carbons (Fsp3) is 0.632. The number of sulfone groups is 1.